The lowest BCUT2D eigenvalue weighted by atomic mass is 9.79. The van der Waals surface area contributed by atoms with Gasteiger partial charge in [-0.15, -0.1) is 0 Å². The predicted octanol–water partition coefficient (Wildman–Crippen LogP) is 29.6. The molecule has 1 N–H and O–H groups in total. The van der Waals surface area contributed by atoms with Crippen LogP contribution in [0.2, 0.25) is 0 Å². The molecule has 0 radical (unpaired) electrons. The first-order chi connectivity index (χ1) is 51.7. The van der Waals surface area contributed by atoms with E-state index in [0.717, 1.165) is 40.9 Å². The van der Waals surface area contributed by atoms with Crippen LogP contribution in [0.25, 0.3) is 0 Å². The molecule has 0 aliphatic heterocycles. The van der Waals surface area contributed by atoms with Gasteiger partial charge in [0.2, 0.25) is 0 Å². The van der Waals surface area contributed by atoms with E-state index >= 15 is 0 Å². The van der Waals surface area contributed by atoms with Crippen molar-refractivity contribution in [3.8, 4) is 5.75 Å². The molecule has 7 heteroatoms. The zero-order valence-electron chi connectivity index (χ0n) is 75.3. The molecule has 0 aliphatic rings. The highest BCUT2D eigenvalue weighted by atomic mass is 16.6. The van der Waals surface area contributed by atoms with Gasteiger partial charge in [-0.05, 0) is 195 Å². The van der Waals surface area contributed by atoms with Gasteiger partial charge in [-0.25, -0.2) is 9.59 Å². The van der Waals surface area contributed by atoms with Gasteiger partial charge in [0, 0.05) is 12.1 Å². The molecule has 1 amide bonds. The number of hydrogen-bond acceptors (Lipinski definition) is 6. The highest BCUT2D eigenvalue weighted by molar-refractivity contribution is 5.89. The molecule has 0 spiro atoms. The molecule has 1 unspecified atom stereocenters. The molecule has 0 aliphatic carbocycles. The van der Waals surface area contributed by atoms with E-state index in [1.54, 1.807) is 6.07 Å². The molecule has 111 heavy (non-hydrogen) atoms. The van der Waals surface area contributed by atoms with Gasteiger partial charge in [0.15, 0.2) is 0 Å². The SMILES string of the molecule is CC(C)(C)OC(=O)NCc1cccc(C(C)(C)C)c1.CC(C)(C)c1cccc(C(=O)OCc2ccccc2)c1.CC(C)(C)c1cccc(C=O)c1.CCCC(C)c1ccccc1C(C)(C)C.CCCCCCCCc1ccc(C(C)(C)C)cc1.CCCCc1ccc(C(C)(C)C)cc1.CCOc1ccccc1C(C)(C)C. The molecule has 0 aromatic heterocycles. The van der Waals surface area contributed by atoms with Crippen molar-refractivity contribution >= 4 is 18.3 Å². The lowest BCUT2D eigenvalue weighted by Crippen LogP contribution is -2.32. The molecule has 8 aromatic carbocycles. The van der Waals surface area contributed by atoms with Crippen LogP contribution in [0.5, 0.6) is 5.75 Å². The molecule has 0 saturated carbocycles. The Balaban J connectivity index is 0.000000443. The molecule has 0 heterocycles. The summed E-state index contributed by atoms with van der Waals surface area (Å²) < 4.78 is 16.1. The van der Waals surface area contributed by atoms with Crippen LogP contribution in [0.3, 0.4) is 0 Å². The zero-order valence-corrected chi connectivity index (χ0v) is 75.3. The maximum atomic E-state index is 12.1. The number of hydrogen-bond donors (Lipinski definition) is 1. The number of aryl methyl sites for hydroxylation is 2. The van der Waals surface area contributed by atoms with E-state index in [-0.39, 0.29) is 50.0 Å². The van der Waals surface area contributed by atoms with Gasteiger partial charge >= 0.3 is 12.1 Å². The van der Waals surface area contributed by atoms with E-state index in [2.05, 4.69) is 275 Å². The van der Waals surface area contributed by atoms with E-state index in [9.17, 15) is 14.4 Å². The smallest absolute Gasteiger partial charge is 0.407 e. The number of amides is 1. The van der Waals surface area contributed by atoms with Gasteiger partial charge in [-0.3, -0.25) is 4.79 Å². The van der Waals surface area contributed by atoms with Crippen molar-refractivity contribution < 1.29 is 28.6 Å². The number of carbonyl (C=O) groups excluding carboxylic acids is 3. The van der Waals surface area contributed by atoms with Crippen LogP contribution in [-0.2, 0) is 73.4 Å². The van der Waals surface area contributed by atoms with Crippen molar-refractivity contribution in [1.82, 2.24) is 5.32 Å². The Kier molecular flexibility index (Phi) is 42.9. The highest BCUT2D eigenvalue weighted by Gasteiger charge is 2.23. The predicted molar refractivity (Wildman–Crippen MR) is 480 cm³/mol. The molecular formula is C104H153NO6. The van der Waals surface area contributed by atoms with Crippen LogP contribution in [0.15, 0.2) is 200 Å². The number of carbonyl (C=O) groups is 3. The Bertz CT molecular complexity index is 3880. The summed E-state index contributed by atoms with van der Waals surface area (Å²) >= 11 is 0. The molecule has 610 valence electrons. The van der Waals surface area contributed by atoms with Gasteiger partial charge < -0.3 is 19.5 Å². The average Bonchev–Trinajstić information content (AvgIpc) is 0.825. The minimum Gasteiger partial charge on any atom is -0.494 e. The lowest BCUT2D eigenvalue weighted by Gasteiger charge is -2.25. The largest absolute Gasteiger partial charge is 0.494 e. The van der Waals surface area contributed by atoms with Crippen LogP contribution < -0.4 is 10.1 Å². The number of ether oxygens (including phenoxy) is 3. The van der Waals surface area contributed by atoms with Gasteiger partial charge in [0.1, 0.15) is 24.2 Å². The molecule has 0 saturated heterocycles. The number of benzene rings is 8. The Morgan fingerprint density at radius 2 is 0.820 bits per heavy atom. The Labute approximate surface area is 679 Å². The van der Waals surface area contributed by atoms with E-state index in [4.69, 9.17) is 14.2 Å². The summed E-state index contributed by atoms with van der Waals surface area (Å²) in [6.45, 7) is 64.6. The number of para-hydroxylation sites is 1. The second-order valence-electron chi connectivity index (χ2n) is 37.9. The zero-order chi connectivity index (χ0) is 83.9. The number of esters is 1. The molecule has 8 rings (SSSR count). The van der Waals surface area contributed by atoms with Crippen LogP contribution >= 0.6 is 0 Å². The van der Waals surface area contributed by atoms with Crippen molar-refractivity contribution in [2.24, 2.45) is 0 Å². The van der Waals surface area contributed by atoms with Crippen molar-refractivity contribution in [3.05, 3.63) is 278 Å². The van der Waals surface area contributed by atoms with Gasteiger partial charge in [-0.2, -0.15) is 0 Å². The Morgan fingerprint density at radius 3 is 1.30 bits per heavy atom. The minimum absolute atomic E-state index is 0.0235. The fraction of sp³-hybridized carbons (Fsp3) is 0.510. The van der Waals surface area contributed by atoms with E-state index in [1.165, 1.54) is 127 Å². The van der Waals surface area contributed by atoms with E-state index in [1.807, 2.05) is 125 Å². The van der Waals surface area contributed by atoms with Gasteiger partial charge in [0.05, 0.1) is 12.2 Å². The quantitative estimate of drug-likeness (QED) is 0.0438. The number of aldehydes is 1. The summed E-state index contributed by atoms with van der Waals surface area (Å²) in [5.41, 5.74) is 18.0. The van der Waals surface area contributed by atoms with Crippen molar-refractivity contribution in [3.63, 3.8) is 0 Å². The van der Waals surface area contributed by atoms with E-state index < -0.39 is 5.60 Å². The summed E-state index contributed by atoms with van der Waals surface area (Å²) in [5.74, 6) is 1.42. The first-order valence-corrected chi connectivity index (χ1v) is 41.6. The lowest BCUT2D eigenvalue weighted by molar-refractivity contribution is 0.0470. The second-order valence-corrected chi connectivity index (χ2v) is 37.9. The standard InChI is InChI=1S/C18H20O2.C18H30.C16H25NO2.C15H24.C14H22.C12H18O.C11H14O/c1-18(2,3)16-11-7-10-15(12-16)17(19)20-13-14-8-5-4-6-9-14;1-5-6-7-8-9-10-11-16-12-14-17(15-13-16)18(2,3)4;1-15(2,3)13-9-7-8-12(10-13)11-17-14(18)19-16(4,5)6;1-6-9-12(2)13-10-7-8-11-14(13)15(3,4)5;1-5-6-7-12-8-10-13(11-9-12)14(2,3)4;1-5-13-11-9-7-6-8-10(11)12(2,3)4;1-11(2,3)10-6-4-5-9(7-10)8-12/h4-12H,13H2,1-3H3;12-15H,5-11H2,1-4H3;7-10H,11H2,1-6H3,(H,17,18);7-8,10-12H,6,9H2,1-5H3;8-11H,5-7H2,1-4H3;6-9H,5H2,1-4H3;4-8H,1-3H3. The first-order valence-electron chi connectivity index (χ1n) is 41.6. The molecular weight excluding hydrogens is 1360 g/mol. The van der Waals surface area contributed by atoms with Crippen LogP contribution in [0.1, 0.15) is 358 Å². The van der Waals surface area contributed by atoms with Crippen LogP contribution in [-0.4, -0.2) is 30.6 Å². The normalized spacial score (nSPS) is 11.9. The minimum atomic E-state index is -0.461. The number of rotatable bonds is 21. The number of unbranched alkanes of at least 4 members (excludes halogenated alkanes) is 6. The summed E-state index contributed by atoms with van der Waals surface area (Å²) in [7, 11) is 0. The number of nitrogens with one attached hydrogen (secondary N) is 1. The monoisotopic (exact) mass is 1510 g/mol. The molecule has 7 nitrogen and oxygen atoms in total. The topological polar surface area (TPSA) is 90.9 Å². The fourth-order valence-corrected chi connectivity index (χ4v) is 12.0. The third-order valence-corrected chi connectivity index (χ3v) is 19.0. The third-order valence-electron chi connectivity index (χ3n) is 19.0. The third kappa shape index (κ3) is 41.4. The van der Waals surface area contributed by atoms with Gasteiger partial charge in [0.25, 0.3) is 0 Å². The Morgan fingerprint density at radius 1 is 0.387 bits per heavy atom. The second kappa shape index (κ2) is 48.1. The molecule has 0 bridgehead atoms. The Hall–Kier alpha value is -8.03. The molecule has 1 atom stereocenters. The van der Waals surface area contributed by atoms with Crippen molar-refractivity contribution in [2.45, 2.75) is 340 Å². The molecule has 0 fully saturated rings. The summed E-state index contributed by atoms with van der Waals surface area (Å²) in [5, 5.41) is 2.77. The van der Waals surface area contributed by atoms with Crippen molar-refractivity contribution in [2.75, 3.05) is 6.61 Å². The fourth-order valence-electron chi connectivity index (χ4n) is 12.0. The highest BCUT2D eigenvalue weighted by Crippen LogP contribution is 2.34. The summed E-state index contributed by atoms with van der Waals surface area (Å²) in [4.78, 5) is 34.1. The summed E-state index contributed by atoms with van der Waals surface area (Å²) in [6, 6.07) is 68.8. The average molecular weight is 1510 g/mol. The van der Waals surface area contributed by atoms with Gasteiger partial charge in [-0.1, -0.05) is 394 Å². The summed E-state index contributed by atoms with van der Waals surface area (Å²) in [6.07, 6.45) is 16.4. The van der Waals surface area contributed by atoms with Crippen molar-refractivity contribution in [1.29, 1.82) is 0 Å². The molecule has 8 aromatic rings. The number of alkyl carbamates (subject to hydrolysis) is 1. The van der Waals surface area contributed by atoms with Crippen LogP contribution in [0.4, 0.5) is 4.79 Å². The first kappa shape index (κ1) is 99.0. The van der Waals surface area contributed by atoms with E-state index in [0.29, 0.717) is 24.6 Å². The maximum absolute atomic E-state index is 12.1. The van der Waals surface area contributed by atoms with Crippen LogP contribution in [0, 0.1) is 0 Å². The maximum Gasteiger partial charge on any atom is 0.407 e.